The van der Waals surface area contributed by atoms with Crippen LogP contribution in [0.3, 0.4) is 0 Å². The number of para-hydroxylation sites is 2. The summed E-state index contributed by atoms with van der Waals surface area (Å²) < 4.78 is 59.1. The molecule has 6 N–H and O–H groups in total. The number of carbonyl (C=O) groups excluding carboxylic acids is 2. The number of rotatable bonds is 30. The Labute approximate surface area is 761 Å². The molecule has 682 valence electrons. The molecule has 0 saturated carbocycles. The summed E-state index contributed by atoms with van der Waals surface area (Å²) in [6.45, 7) is 49.8. The normalized spacial score (nSPS) is 18.4. The Bertz CT molecular complexity index is 5770. The first-order chi connectivity index (χ1) is 60.5. The van der Waals surface area contributed by atoms with Crippen molar-refractivity contribution in [3.63, 3.8) is 0 Å². The van der Waals surface area contributed by atoms with Crippen LogP contribution in [0, 0.1) is 62.3 Å². The van der Waals surface area contributed by atoms with Crippen LogP contribution in [-0.4, -0.2) is 134 Å². The number of fused-ring (bicyclic) bond motifs is 6. The molecule has 6 heterocycles. The molecule has 20 heteroatoms. The highest BCUT2D eigenvalue weighted by Crippen LogP contribution is 2.51. The molecule has 19 nitrogen and oxygen atoms in total. The number of nitrogens with one attached hydrogen (secondary N) is 2. The van der Waals surface area contributed by atoms with Gasteiger partial charge in [-0.2, -0.15) is 22.1 Å². The van der Waals surface area contributed by atoms with Gasteiger partial charge in [0.25, 0.3) is 22.5 Å². The first-order valence-electron chi connectivity index (χ1n) is 45.9. The van der Waals surface area contributed by atoms with Gasteiger partial charge in [0.15, 0.2) is 29.3 Å². The van der Waals surface area contributed by atoms with Crippen molar-refractivity contribution >= 4 is 86.1 Å². The number of carboxylic acid groups (broad SMARTS) is 1. The van der Waals surface area contributed by atoms with Crippen LogP contribution in [0.25, 0.3) is 0 Å². The number of carboxylic acids is 1. The lowest BCUT2D eigenvalue weighted by molar-refractivity contribution is -0.439. The number of benzene rings is 8. The van der Waals surface area contributed by atoms with Crippen molar-refractivity contribution in [3.05, 3.63) is 241 Å². The lowest BCUT2D eigenvalue weighted by Gasteiger charge is -2.38. The summed E-state index contributed by atoms with van der Waals surface area (Å²) in [4.78, 5) is 41.0. The lowest BCUT2D eigenvalue weighted by Crippen LogP contribution is -2.51. The van der Waals surface area contributed by atoms with Crippen molar-refractivity contribution in [2.45, 2.75) is 286 Å². The van der Waals surface area contributed by atoms with Crippen LogP contribution in [0.4, 0.5) is 34.1 Å². The number of hydrogen-bond donors (Lipinski definition) is 6. The number of unbranched alkanes of at least 4 members (excludes halogenated alkanes) is 6. The highest BCUT2D eigenvalue weighted by Gasteiger charge is 2.48. The van der Waals surface area contributed by atoms with Crippen LogP contribution in [0.1, 0.15) is 256 Å². The Morgan fingerprint density at radius 3 is 1.62 bits per heavy atom. The molecule has 8 aromatic rings. The quantitative estimate of drug-likeness (QED) is 0.00613. The molecule has 0 fully saturated rings. The molecule has 1 amide bonds. The fourth-order valence-electron chi connectivity index (χ4n) is 19.2. The summed E-state index contributed by atoms with van der Waals surface area (Å²) in [5.41, 5.74) is 26.3. The van der Waals surface area contributed by atoms with Gasteiger partial charge in [-0.25, -0.2) is 4.99 Å². The van der Waals surface area contributed by atoms with E-state index in [-0.39, 0.29) is 39.1 Å². The molecule has 2 atom stereocenters. The van der Waals surface area contributed by atoms with E-state index in [0.29, 0.717) is 56.9 Å². The van der Waals surface area contributed by atoms with E-state index >= 15 is 0 Å². The van der Waals surface area contributed by atoms with Crippen molar-refractivity contribution in [1.29, 1.82) is 0 Å². The summed E-state index contributed by atoms with van der Waals surface area (Å²) in [5, 5.41) is 36.4. The van der Waals surface area contributed by atoms with Crippen molar-refractivity contribution in [2.24, 2.45) is 4.99 Å². The minimum absolute atomic E-state index is 0.0178. The third-order valence-electron chi connectivity index (χ3n) is 28.1. The maximum Gasteiger partial charge on any atom is 0.303 e. The average molecular weight is 1760 g/mol. The monoisotopic (exact) mass is 1760 g/mol. The number of aromatic hydroxyl groups is 2. The van der Waals surface area contributed by atoms with Crippen molar-refractivity contribution < 1.29 is 70.6 Å². The van der Waals surface area contributed by atoms with Gasteiger partial charge in [0, 0.05) is 134 Å². The Kier molecular flexibility index (Phi) is 31.1. The van der Waals surface area contributed by atoms with Gasteiger partial charge in [-0.3, -0.25) is 18.9 Å². The molecule has 2 unspecified atom stereocenters. The van der Waals surface area contributed by atoms with Gasteiger partial charge in [0.05, 0.1) is 39.8 Å². The third kappa shape index (κ3) is 21.6. The van der Waals surface area contributed by atoms with E-state index < -0.39 is 27.1 Å². The number of aryl methyl sites for hydroxylation is 3. The smallest absolute Gasteiger partial charge is 0.303 e. The van der Waals surface area contributed by atoms with E-state index in [4.69, 9.17) is 19.3 Å². The molecule has 0 aliphatic carbocycles. The third-order valence-corrected chi connectivity index (χ3v) is 28.9. The Morgan fingerprint density at radius 1 is 0.539 bits per heavy atom. The van der Waals surface area contributed by atoms with Crippen LogP contribution in [-0.2, 0) is 63.7 Å². The van der Waals surface area contributed by atoms with Crippen molar-refractivity contribution in [2.75, 3.05) is 49.5 Å². The molecule has 14 rings (SSSR count). The summed E-state index contributed by atoms with van der Waals surface area (Å²) in [7, 11) is -4.39. The predicted molar refractivity (Wildman–Crippen MR) is 519 cm³/mol. The van der Waals surface area contributed by atoms with E-state index in [2.05, 4.69) is 204 Å². The average Bonchev–Trinajstić information content (AvgIpc) is 1.47. The molecule has 128 heavy (non-hydrogen) atoms. The molecule has 0 saturated heterocycles. The zero-order valence-corrected chi connectivity index (χ0v) is 80.7. The number of allylic oxidation sites excluding steroid dienone is 4. The molecule has 0 bridgehead atoms. The molecule has 6 aliphatic rings. The second-order valence-electron chi connectivity index (χ2n) is 38.5. The summed E-state index contributed by atoms with van der Waals surface area (Å²) in [6, 6.07) is 44.8. The lowest BCUT2D eigenvalue weighted by atomic mass is 9.81. The van der Waals surface area contributed by atoms with Crippen LogP contribution in [0.5, 0.6) is 23.0 Å². The molecule has 8 aromatic carbocycles. The van der Waals surface area contributed by atoms with Gasteiger partial charge in [0.2, 0.25) is 17.1 Å². The fraction of sp³-hybridized carbons (Fsp3) is 0.454. The van der Waals surface area contributed by atoms with Crippen LogP contribution in [0.2, 0.25) is 0 Å². The van der Waals surface area contributed by atoms with Gasteiger partial charge in [0.1, 0.15) is 41.7 Å². The Morgan fingerprint density at radius 2 is 1.05 bits per heavy atom. The highest BCUT2D eigenvalue weighted by atomic mass is 32.2. The number of carbonyl (C=O) groups is 3. The van der Waals surface area contributed by atoms with E-state index in [1.807, 2.05) is 109 Å². The van der Waals surface area contributed by atoms with E-state index in [9.17, 15) is 37.6 Å². The number of nitrogens with zero attached hydrogens (tertiary/aromatic N) is 5. The number of phenolic OH excluding ortho intramolecular Hbond substituents is 2. The minimum Gasteiger partial charge on any atom is -0.507 e. The molecular weight excluding hydrogens is 1620 g/mol. The first kappa shape index (κ1) is 97.6. The highest BCUT2D eigenvalue weighted by molar-refractivity contribution is 7.85. The van der Waals surface area contributed by atoms with Gasteiger partial charge >= 0.3 is 5.97 Å². The van der Waals surface area contributed by atoms with Gasteiger partial charge in [-0.05, 0) is 282 Å². The van der Waals surface area contributed by atoms with Crippen molar-refractivity contribution in [3.8, 4) is 23.0 Å². The fourth-order valence-corrected chi connectivity index (χ4v) is 19.7. The second-order valence-corrected chi connectivity index (χ2v) is 39.9. The Balaban J connectivity index is 0.000000189. The molecule has 6 aliphatic heterocycles. The van der Waals surface area contributed by atoms with Crippen molar-refractivity contribution in [1.82, 2.24) is 5.32 Å². The van der Waals surface area contributed by atoms with Gasteiger partial charge in [-0.15, -0.1) is 0 Å². The zero-order chi connectivity index (χ0) is 93.2. The number of amides is 1. The van der Waals surface area contributed by atoms with Gasteiger partial charge < -0.3 is 45.1 Å². The van der Waals surface area contributed by atoms with E-state index in [1.165, 1.54) is 73.6 Å². The predicted octanol–water partition coefficient (Wildman–Crippen LogP) is 23.0. The largest absolute Gasteiger partial charge is 0.507 e. The second kappa shape index (κ2) is 40.8. The van der Waals surface area contributed by atoms with Crippen LogP contribution >= 0.6 is 0 Å². The summed E-state index contributed by atoms with van der Waals surface area (Å²) in [5.74, 6) is 1.57. The minimum atomic E-state index is -4.39. The topological polar surface area (TPSA) is 243 Å². The van der Waals surface area contributed by atoms with E-state index in [1.54, 1.807) is 18.5 Å². The SMILES string of the molecule is C(=Nc1ccccc1)Nc1ccccc1.CC1=[N+](CCCCCOC=O)c2ccc(C)cc2C1(C)C.CC1=[N+](CCCNC(=O)C2(C)CCc3c(C)c(O)c(C)c(C)c3O2)c2ccc(C)cc2C1(C)C.Cc1ccc2c(c1)C(C)(C)C(=CC=CC1=[N+](CCCCCC(=O)O)c3ccc(S(=O)(=O)O)cc3C1(C)C)N2CCCCCC1(C)CCc2c(C)c(O)c(C)c(C)c2O1. The number of aliphatic imine (C=N–C) groups is 1. The van der Waals surface area contributed by atoms with Crippen LogP contribution in [0.15, 0.2) is 167 Å². The number of hydrogen-bond acceptors (Lipinski definition) is 12. The number of ether oxygens (including phenoxy) is 3. The van der Waals surface area contributed by atoms with Gasteiger partial charge in [-0.1, -0.05) is 104 Å². The number of phenols is 2. The van der Waals surface area contributed by atoms with Crippen LogP contribution < -0.4 is 25.0 Å². The Hall–Kier alpha value is -11.0. The number of anilines is 2. The summed E-state index contributed by atoms with van der Waals surface area (Å²) in [6.07, 6.45) is 21.7. The summed E-state index contributed by atoms with van der Waals surface area (Å²) >= 11 is 0. The number of aliphatic carboxylic acids is 1. The maximum atomic E-state index is 13.2. The molecular formula is C108H140N7O12S+3. The maximum absolute atomic E-state index is 13.2. The first-order valence-corrected chi connectivity index (χ1v) is 47.4. The zero-order valence-electron chi connectivity index (χ0n) is 79.8. The van der Waals surface area contributed by atoms with E-state index in [0.717, 1.165) is 181 Å². The molecule has 0 aromatic heterocycles. The molecule has 0 spiro atoms. The standard InChI is InChI=1S/C48H62N2O7S.C29H38N2O3.C18H26NO2.C13H12N2/c1-31-20-22-39-37(29-31)46(5,6)41(49(39)28-15-11-13-25-48(9)26-24-36-34(4)44(53)32(2)33(3)45(36)57-48)17-16-18-42-47(7,8)38-30-35(58(54,55)56)21-23-40(38)50(42)27-14-10-12-19-43(51)52;1-17-10-11-24-23(16-17)28(6,7)21(5)31(24)15-9-14-30-27(33)29(8)13-12-22-20(4)25(32)18(2)19(3)26(22)34-29;1-14-8-9-17-16(12-14)18(3,4)15(2)19(17)10-6-5-7-11-21-13-20;1-3-7-12(8-4-1)14-11-15-13-9-5-2-6-10-13/h16-18,20-23,29-30H,10-15,19,24-28H2,1-9H3,(H2-,51,52,53,54,55,56);10-11,16H,9,12-15H2,1-8H3,(H-,30,32,33);8-9,12-13H,5-7,10-11H2,1-4H3;1-11H,(H,14,15)/q;;+1;/p+2. The molecule has 0 radical (unpaired) electrons.